The molecule has 0 spiro atoms. The van der Waals surface area contributed by atoms with Crippen LogP contribution >= 0.6 is 34.8 Å². The van der Waals surface area contributed by atoms with Gasteiger partial charge in [0.2, 0.25) is 0 Å². The molecule has 0 atom stereocenters. The van der Waals surface area contributed by atoms with E-state index >= 15 is 0 Å². The lowest BCUT2D eigenvalue weighted by molar-refractivity contribution is 0.143. The first-order chi connectivity index (χ1) is 12.4. The van der Waals surface area contributed by atoms with Crippen molar-refractivity contribution in [1.29, 1.82) is 0 Å². The van der Waals surface area contributed by atoms with Gasteiger partial charge in [0.15, 0.2) is 0 Å². The van der Waals surface area contributed by atoms with Crippen molar-refractivity contribution in [2.24, 2.45) is 0 Å². The Bertz CT molecular complexity index is 790. The Morgan fingerprint density at radius 3 is 2.31 bits per heavy atom. The van der Waals surface area contributed by atoms with Crippen molar-refractivity contribution >= 4 is 46.5 Å². The molecule has 0 bridgehead atoms. The van der Waals surface area contributed by atoms with Gasteiger partial charge in [0.05, 0.1) is 5.69 Å². The minimum atomic E-state index is -0.558. The zero-order valence-electron chi connectivity index (χ0n) is 13.8. The van der Waals surface area contributed by atoms with Crippen LogP contribution in [0.4, 0.5) is 14.9 Å². The summed E-state index contributed by atoms with van der Waals surface area (Å²) < 4.78 is 13.8. The van der Waals surface area contributed by atoms with Crippen LogP contribution in [0.15, 0.2) is 36.4 Å². The van der Waals surface area contributed by atoms with Crippen molar-refractivity contribution in [3.63, 3.8) is 0 Å². The second kappa shape index (κ2) is 8.44. The van der Waals surface area contributed by atoms with Crippen LogP contribution in [0.5, 0.6) is 0 Å². The van der Waals surface area contributed by atoms with Crippen LogP contribution in [-0.2, 0) is 6.54 Å². The SMILES string of the molecule is O=C(Nc1ccc(Cl)cc1F)N1CCN(Cc2c(Cl)cccc2Cl)CC1. The Balaban J connectivity index is 1.55. The molecule has 1 aliphatic rings. The molecule has 0 radical (unpaired) electrons. The Morgan fingerprint density at radius 1 is 1.04 bits per heavy atom. The molecule has 26 heavy (non-hydrogen) atoms. The molecule has 0 aliphatic carbocycles. The third kappa shape index (κ3) is 4.60. The van der Waals surface area contributed by atoms with E-state index in [-0.39, 0.29) is 16.7 Å². The molecule has 2 amide bonds. The molecular weight excluding hydrogens is 400 g/mol. The molecule has 2 aromatic rings. The Kier molecular flexibility index (Phi) is 6.24. The van der Waals surface area contributed by atoms with Crippen molar-refractivity contribution in [3.8, 4) is 0 Å². The molecule has 1 heterocycles. The second-order valence-corrected chi connectivity index (χ2v) is 7.27. The Labute approximate surface area is 166 Å². The fourth-order valence-electron chi connectivity index (χ4n) is 2.80. The summed E-state index contributed by atoms with van der Waals surface area (Å²) >= 11 is 18.1. The Morgan fingerprint density at radius 2 is 1.69 bits per heavy atom. The molecule has 0 aromatic heterocycles. The number of benzene rings is 2. The van der Waals surface area contributed by atoms with Gasteiger partial charge in [0.1, 0.15) is 5.82 Å². The predicted octanol–water partition coefficient (Wildman–Crippen LogP) is 5.14. The van der Waals surface area contributed by atoms with E-state index < -0.39 is 5.82 Å². The molecule has 138 valence electrons. The first kappa shape index (κ1) is 19.2. The van der Waals surface area contributed by atoms with Gasteiger partial charge < -0.3 is 10.2 Å². The third-order valence-electron chi connectivity index (χ3n) is 4.28. The fraction of sp³-hybridized carbons (Fsp3) is 0.278. The minimum absolute atomic E-state index is 0.115. The van der Waals surface area contributed by atoms with Crippen molar-refractivity contribution < 1.29 is 9.18 Å². The maximum Gasteiger partial charge on any atom is 0.322 e. The molecule has 1 N–H and O–H groups in total. The van der Waals surface area contributed by atoms with Crippen LogP contribution in [0.2, 0.25) is 15.1 Å². The molecular formula is C18H17Cl3FN3O. The lowest BCUT2D eigenvalue weighted by Gasteiger charge is -2.35. The molecule has 1 fully saturated rings. The largest absolute Gasteiger partial charge is 0.322 e. The van der Waals surface area contributed by atoms with Gasteiger partial charge in [-0.2, -0.15) is 0 Å². The zero-order valence-corrected chi connectivity index (χ0v) is 16.1. The number of halogens is 4. The van der Waals surface area contributed by atoms with Gasteiger partial charge in [0, 0.05) is 53.4 Å². The number of nitrogens with one attached hydrogen (secondary N) is 1. The lowest BCUT2D eigenvalue weighted by atomic mass is 10.2. The monoisotopic (exact) mass is 415 g/mol. The summed E-state index contributed by atoms with van der Waals surface area (Å²) in [5, 5.41) is 4.14. The highest BCUT2D eigenvalue weighted by molar-refractivity contribution is 6.36. The van der Waals surface area contributed by atoms with E-state index in [0.717, 1.165) is 5.56 Å². The number of piperazine rings is 1. The first-order valence-corrected chi connectivity index (χ1v) is 9.23. The maximum atomic E-state index is 13.8. The molecule has 2 aromatic carbocycles. The number of anilines is 1. The van der Waals surface area contributed by atoms with E-state index in [1.165, 1.54) is 18.2 Å². The number of rotatable bonds is 3. The van der Waals surface area contributed by atoms with Crippen LogP contribution in [-0.4, -0.2) is 42.0 Å². The summed E-state index contributed by atoms with van der Waals surface area (Å²) in [6, 6.07) is 9.26. The summed E-state index contributed by atoms with van der Waals surface area (Å²) in [5.41, 5.74) is 1.00. The molecule has 0 unspecified atom stereocenters. The summed E-state index contributed by atoms with van der Waals surface area (Å²) in [5.74, 6) is -0.558. The molecule has 1 aliphatic heterocycles. The van der Waals surface area contributed by atoms with Crippen LogP contribution in [0.3, 0.4) is 0 Å². The van der Waals surface area contributed by atoms with Crippen LogP contribution < -0.4 is 5.32 Å². The van der Waals surface area contributed by atoms with E-state index in [0.29, 0.717) is 42.8 Å². The van der Waals surface area contributed by atoms with Gasteiger partial charge in [-0.3, -0.25) is 4.90 Å². The number of carbonyl (C=O) groups excluding carboxylic acids is 1. The van der Waals surface area contributed by atoms with E-state index in [1.807, 2.05) is 18.2 Å². The number of amides is 2. The molecule has 8 heteroatoms. The van der Waals surface area contributed by atoms with E-state index in [4.69, 9.17) is 34.8 Å². The van der Waals surface area contributed by atoms with E-state index in [2.05, 4.69) is 10.2 Å². The number of hydrogen-bond acceptors (Lipinski definition) is 2. The van der Waals surface area contributed by atoms with E-state index in [1.54, 1.807) is 4.90 Å². The maximum absolute atomic E-state index is 13.8. The van der Waals surface area contributed by atoms with Crippen molar-refractivity contribution in [3.05, 3.63) is 62.8 Å². The highest BCUT2D eigenvalue weighted by atomic mass is 35.5. The van der Waals surface area contributed by atoms with Crippen molar-refractivity contribution in [2.75, 3.05) is 31.5 Å². The van der Waals surface area contributed by atoms with Crippen LogP contribution in [0, 0.1) is 5.82 Å². The number of nitrogens with zero attached hydrogens (tertiary/aromatic N) is 2. The average molecular weight is 417 g/mol. The van der Waals surface area contributed by atoms with E-state index in [9.17, 15) is 9.18 Å². The quantitative estimate of drug-likeness (QED) is 0.752. The third-order valence-corrected chi connectivity index (χ3v) is 5.22. The average Bonchev–Trinajstić information content (AvgIpc) is 2.61. The van der Waals surface area contributed by atoms with Crippen LogP contribution in [0.25, 0.3) is 0 Å². The van der Waals surface area contributed by atoms with Crippen LogP contribution in [0.1, 0.15) is 5.56 Å². The minimum Gasteiger partial charge on any atom is -0.322 e. The molecule has 1 saturated heterocycles. The van der Waals surface area contributed by atoms with Gasteiger partial charge in [-0.25, -0.2) is 9.18 Å². The molecule has 4 nitrogen and oxygen atoms in total. The summed E-state index contributed by atoms with van der Waals surface area (Å²) in [6.07, 6.45) is 0. The van der Waals surface area contributed by atoms with Gasteiger partial charge in [-0.05, 0) is 30.3 Å². The normalized spacial score (nSPS) is 15.2. The van der Waals surface area contributed by atoms with Gasteiger partial charge in [0.25, 0.3) is 0 Å². The summed E-state index contributed by atoms with van der Waals surface area (Å²) in [6.45, 7) is 3.04. The first-order valence-electron chi connectivity index (χ1n) is 8.10. The highest BCUT2D eigenvalue weighted by Crippen LogP contribution is 2.26. The number of urea groups is 1. The summed E-state index contributed by atoms with van der Waals surface area (Å²) in [4.78, 5) is 16.2. The summed E-state index contributed by atoms with van der Waals surface area (Å²) in [7, 11) is 0. The zero-order chi connectivity index (χ0) is 18.7. The topological polar surface area (TPSA) is 35.6 Å². The number of hydrogen-bond donors (Lipinski definition) is 1. The second-order valence-electron chi connectivity index (χ2n) is 6.02. The highest BCUT2D eigenvalue weighted by Gasteiger charge is 2.23. The molecule has 3 rings (SSSR count). The fourth-order valence-corrected chi connectivity index (χ4v) is 3.48. The number of carbonyl (C=O) groups is 1. The smallest absolute Gasteiger partial charge is 0.322 e. The lowest BCUT2D eigenvalue weighted by Crippen LogP contribution is -2.49. The standard InChI is InChI=1S/C18H17Cl3FN3O/c19-12-4-5-17(16(22)10-12)23-18(26)25-8-6-24(7-9-25)11-13-14(20)2-1-3-15(13)21/h1-5,10H,6-9,11H2,(H,23,26). The Hall–Kier alpha value is -1.53. The predicted molar refractivity (Wildman–Crippen MR) is 104 cm³/mol. The molecule has 0 saturated carbocycles. The van der Waals surface area contributed by atoms with Crippen molar-refractivity contribution in [2.45, 2.75) is 6.54 Å². The van der Waals surface area contributed by atoms with Gasteiger partial charge in [-0.15, -0.1) is 0 Å². The van der Waals surface area contributed by atoms with Crippen molar-refractivity contribution in [1.82, 2.24) is 9.80 Å². The van der Waals surface area contributed by atoms with Gasteiger partial charge in [-0.1, -0.05) is 40.9 Å². The van der Waals surface area contributed by atoms with Gasteiger partial charge >= 0.3 is 6.03 Å².